The molecule has 8 heteroatoms. The summed E-state index contributed by atoms with van der Waals surface area (Å²) in [6.45, 7) is 8.69. The van der Waals surface area contributed by atoms with Gasteiger partial charge in [0.1, 0.15) is 11.6 Å². The van der Waals surface area contributed by atoms with Gasteiger partial charge in [-0.3, -0.25) is 10.2 Å². The first-order valence-electron chi connectivity index (χ1n) is 11.8. The number of allylic oxidation sites excluding steroid dienone is 1. The molecule has 0 unspecified atom stereocenters. The summed E-state index contributed by atoms with van der Waals surface area (Å²) in [4.78, 5) is 15.4. The molecule has 0 aliphatic carbocycles. The maximum Gasteiger partial charge on any atom is 0.320 e. The average molecular weight is 482 g/mol. The van der Waals surface area contributed by atoms with Gasteiger partial charge < -0.3 is 20.8 Å². The number of anilines is 1. The van der Waals surface area contributed by atoms with Crippen LogP contribution in [0.3, 0.4) is 0 Å². The zero-order valence-electron chi connectivity index (χ0n) is 20.9. The highest BCUT2D eigenvalue weighted by molar-refractivity contribution is 5.97. The number of urea groups is 1. The van der Waals surface area contributed by atoms with Crippen molar-refractivity contribution in [1.29, 1.82) is 5.41 Å². The maximum absolute atomic E-state index is 13.7. The van der Waals surface area contributed by atoms with Gasteiger partial charge in [0.05, 0.1) is 12.6 Å². The fourth-order valence-electron chi connectivity index (χ4n) is 3.99. The molecule has 1 fully saturated rings. The van der Waals surface area contributed by atoms with Crippen molar-refractivity contribution in [2.24, 2.45) is 5.41 Å². The molecular weight excluding hydrogens is 445 g/mol. The lowest BCUT2D eigenvalue weighted by atomic mass is 9.90. The minimum absolute atomic E-state index is 0.105. The Morgan fingerprint density at radius 2 is 1.91 bits per heavy atom. The van der Waals surface area contributed by atoms with Crippen LogP contribution in [0.2, 0.25) is 0 Å². The van der Waals surface area contributed by atoms with Crippen LogP contribution >= 0.6 is 0 Å². The van der Waals surface area contributed by atoms with Gasteiger partial charge in [0.15, 0.2) is 0 Å². The van der Waals surface area contributed by atoms with Crippen LogP contribution in [0.25, 0.3) is 0 Å². The molecule has 0 radical (unpaired) electrons. The summed E-state index contributed by atoms with van der Waals surface area (Å²) in [5.41, 5.74) is 1.55. The molecule has 1 saturated heterocycles. The molecule has 7 nitrogen and oxygen atoms in total. The minimum atomic E-state index is -0.418. The monoisotopic (exact) mass is 481 g/mol. The molecule has 35 heavy (non-hydrogen) atoms. The number of likely N-dealkylation sites (tertiary alicyclic amines) is 1. The second-order valence-corrected chi connectivity index (χ2v) is 9.83. The molecule has 1 aliphatic heterocycles. The Bertz CT molecular complexity index is 1040. The van der Waals surface area contributed by atoms with E-state index in [4.69, 9.17) is 10.1 Å². The van der Waals surface area contributed by atoms with E-state index in [-0.39, 0.29) is 18.0 Å². The summed E-state index contributed by atoms with van der Waals surface area (Å²) in [6.07, 6.45) is 1.57. The Kier molecular flexibility index (Phi) is 9.01. The molecule has 2 amide bonds. The normalized spacial score (nSPS) is 18.8. The lowest BCUT2D eigenvalue weighted by Gasteiger charge is -2.23. The van der Waals surface area contributed by atoms with Crippen molar-refractivity contribution in [3.63, 3.8) is 0 Å². The third-order valence-electron chi connectivity index (χ3n) is 6.00. The summed E-state index contributed by atoms with van der Waals surface area (Å²) >= 11 is 0. The smallest absolute Gasteiger partial charge is 0.320 e. The third-order valence-corrected chi connectivity index (χ3v) is 6.00. The molecule has 1 aliphatic rings. The molecule has 1 heterocycles. The maximum atomic E-state index is 13.7. The van der Waals surface area contributed by atoms with Crippen molar-refractivity contribution < 1.29 is 13.9 Å². The second kappa shape index (κ2) is 12.0. The van der Waals surface area contributed by atoms with E-state index < -0.39 is 11.2 Å². The lowest BCUT2D eigenvalue weighted by Crippen LogP contribution is -2.46. The van der Waals surface area contributed by atoms with Gasteiger partial charge in [0.25, 0.3) is 0 Å². The molecule has 0 saturated carbocycles. The zero-order chi connectivity index (χ0) is 25.4. The molecule has 2 atom stereocenters. The SMILES string of the molecule is COCCN1C[C@@H](NC(=O)N/C(=C/C(=N)C(C)(C)C)Nc2cccc(F)c2)[C@H](c2ccccc2)C1. The Morgan fingerprint density at radius 3 is 2.57 bits per heavy atom. The van der Waals surface area contributed by atoms with Crippen molar-refractivity contribution in [3.8, 4) is 0 Å². The summed E-state index contributed by atoms with van der Waals surface area (Å²) in [5.74, 6) is 0.0475. The van der Waals surface area contributed by atoms with Crippen LogP contribution in [-0.4, -0.2) is 56.0 Å². The quantitative estimate of drug-likeness (QED) is 0.396. The van der Waals surface area contributed by atoms with Crippen molar-refractivity contribution in [1.82, 2.24) is 15.5 Å². The van der Waals surface area contributed by atoms with E-state index >= 15 is 0 Å². The first kappa shape index (κ1) is 26.4. The van der Waals surface area contributed by atoms with Crippen molar-refractivity contribution >= 4 is 17.4 Å². The predicted molar refractivity (Wildman–Crippen MR) is 138 cm³/mol. The number of nitrogens with zero attached hydrogens (tertiary/aromatic N) is 1. The number of rotatable bonds is 9. The van der Waals surface area contributed by atoms with Crippen molar-refractivity contribution in [2.45, 2.75) is 32.7 Å². The van der Waals surface area contributed by atoms with E-state index in [9.17, 15) is 9.18 Å². The topological polar surface area (TPSA) is 89.5 Å². The molecule has 0 spiro atoms. The van der Waals surface area contributed by atoms with E-state index in [2.05, 4.69) is 33.0 Å². The largest absolute Gasteiger partial charge is 0.383 e. The van der Waals surface area contributed by atoms with Crippen LogP contribution in [-0.2, 0) is 4.74 Å². The fourth-order valence-corrected chi connectivity index (χ4v) is 3.99. The number of ether oxygens (including phenoxy) is 1. The number of nitrogens with one attached hydrogen (secondary N) is 4. The van der Waals surface area contributed by atoms with Gasteiger partial charge in [0.2, 0.25) is 0 Å². The van der Waals surface area contributed by atoms with E-state index in [1.54, 1.807) is 25.3 Å². The average Bonchev–Trinajstić information content (AvgIpc) is 3.19. The van der Waals surface area contributed by atoms with Gasteiger partial charge in [-0.05, 0) is 23.8 Å². The Morgan fingerprint density at radius 1 is 1.17 bits per heavy atom. The Balaban J connectivity index is 1.76. The van der Waals surface area contributed by atoms with E-state index in [0.29, 0.717) is 30.4 Å². The molecule has 0 aromatic heterocycles. The molecular formula is C27H36FN5O2. The third kappa shape index (κ3) is 7.90. The van der Waals surface area contributed by atoms with Crippen molar-refractivity contribution in [2.75, 3.05) is 38.7 Å². The molecule has 3 rings (SSSR count). The molecule has 2 aromatic rings. The first-order valence-corrected chi connectivity index (χ1v) is 11.8. The van der Waals surface area contributed by atoms with Crippen LogP contribution < -0.4 is 16.0 Å². The van der Waals surface area contributed by atoms with Crippen LogP contribution in [0.15, 0.2) is 66.5 Å². The Labute approximate surface area is 207 Å². The van der Waals surface area contributed by atoms with Gasteiger partial charge in [-0.2, -0.15) is 0 Å². The van der Waals surface area contributed by atoms with E-state index in [1.165, 1.54) is 17.7 Å². The Hall–Kier alpha value is -3.23. The lowest BCUT2D eigenvalue weighted by molar-refractivity contribution is 0.159. The van der Waals surface area contributed by atoms with E-state index in [0.717, 1.165) is 13.1 Å². The van der Waals surface area contributed by atoms with Gasteiger partial charge >= 0.3 is 6.03 Å². The molecule has 188 valence electrons. The number of benzene rings is 2. The van der Waals surface area contributed by atoms with Crippen molar-refractivity contribution in [3.05, 3.63) is 77.9 Å². The van der Waals surface area contributed by atoms with Gasteiger partial charge in [-0.25, -0.2) is 9.18 Å². The number of halogens is 1. The number of carbonyl (C=O) groups excluding carboxylic acids is 1. The van der Waals surface area contributed by atoms with Crippen LogP contribution in [0.5, 0.6) is 0 Å². The first-order chi connectivity index (χ1) is 16.7. The summed E-state index contributed by atoms with van der Waals surface area (Å²) in [6, 6.07) is 15.6. The van der Waals surface area contributed by atoms with Gasteiger partial charge in [-0.15, -0.1) is 0 Å². The van der Waals surface area contributed by atoms with Gasteiger partial charge in [-0.1, -0.05) is 57.2 Å². The van der Waals surface area contributed by atoms with Crippen LogP contribution in [0, 0.1) is 16.6 Å². The standard InChI is InChI=1S/C27H36FN5O2/c1-27(2,3)24(29)16-25(30-21-12-8-11-20(28)15-21)32-26(34)31-23-18-33(13-14-35-4)17-22(23)19-9-6-5-7-10-19/h5-12,15-16,22-23,29-30H,13-14,17-18H2,1-4H3,(H2,31,32,34)/b25-16+,29-24?/t22-,23+/m0/s1. The van der Waals surface area contributed by atoms with Crippen LogP contribution in [0.1, 0.15) is 32.3 Å². The number of amides is 2. The second-order valence-electron chi connectivity index (χ2n) is 9.83. The van der Waals surface area contributed by atoms with Crippen LogP contribution in [0.4, 0.5) is 14.9 Å². The molecule has 0 bridgehead atoms. The number of hydrogen-bond acceptors (Lipinski definition) is 5. The van der Waals surface area contributed by atoms with E-state index in [1.807, 2.05) is 39.0 Å². The number of hydrogen-bond donors (Lipinski definition) is 4. The molecule has 4 N–H and O–H groups in total. The fraction of sp³-hybridized carbons (Fsp3) is 0.407. The highest BCUT2D eigenvalue weighted by atomic mass is 19.1. The summed E-state index contributed by atoms with van der Waals surface area (Å²) in [7, 11) is 1.68. The number of methoxy groups -OCH3 is 1. The minimum Gasteiger partial charge on any atom is -0.383 e. The highest BCUT2D eigenvalue weighted by Gasteiger charge is 2.34. The molecule has 2 aromatic carbocycles. The zero-order valence-corrected chi connectivity index (χ0v) is 20.9. The highest BCUT2D eigenvalue weighted by Crippen LogP contribution is 2.27. The number of carbonyl (C=O) groups is 1. The summed E-state index contributed by atoms with van der Waals surface area (Å²) in [5, 5.41) is 17.4. The van der Waals surface area contributed by atoms with Gasteiger partial charge in [0, 0.05) is 55.6 Å². The summed E-state index contributed by atoms with van der Waals surface area (Å²) < 4.78 is 19.0. The predicted octanol–water partition coefficient (Wildman–Crippen LogP) is 4.56.